The Hall–Kier alpha value is -1.59. The molecule has 0 radical (unpaired) electrons. The normalized spacial score (nSPS) is 24.6. The minimum atomic E-state index is -0.982. The van der Waals surface area contributed by atoms with Crippen LogP contribution in [0.1, 0.15) is 51.9 Å². The highest BCUT2D eigenvalue weighted by Gasteiger charge is 2.47. The lowest BCUT2D eigenvalue weighted by molar-refractivity contribution is -0.145. The van der Waals surface area contributed by atoms with E-state index in [9.17, 15) is 14.4 Å². The third-order valence-electron chi connectivity index (χ3n) is 5.71. The monoisotopic (exact) mass is 336 g/mol. The molecule has 2 aliphatic carbocycles. The van der Waals surface area contributed by atoms with E-state index in [2.05, 4.69) is 0 Å². The van der Waals surface area contributed by atoms with Crippen molar-refractivity contribution in [1.29, 1.82) is 0 Å². The van der Waals surface area contributed by atoms with Gasteiger partial charge < -0.3 is 14.9 Å². The van der Waals surface area contributed by atoms with Gasteiger partial charge in [0.05, 0.1) is 0 Å². The van der Waals surface area contributed by atoms with Crippen molar-refractivity contribution in [2.45, 2.75) is 57.9 Å². The molecule has 1 aliphatic heterocycles. The lowest BCUT2D eigenvalue weighted by atomic mass is 9.96. The van der Waals surface area contributed by atoms with E-state index < -0.39 is 5.97 Å². The summed E-state index contributed by atoms with van der Waals surface area (Å²) in [7, 11) is 0. The number of rotatable bonds is 6. The molecule has 1 unspecified atom stereocenters. The maximum Gasteiger partial charge on any atom is 0.323 e. The van der Waals surface area contributed by atoms with Crippen molar-refractivity contribution in [2.24, 2.45) is 17.8 Å². The van der Waals surface area contributed by atoms with Crippen LogP contribution in [-0.4, -0.2) is 58.4 Å². The Morgan fingerprint density at radius 1 is 1.04 bits per heavy atom. The minimum Gasteiger partial charge on any atom is -0.480 e. The minimum absolute atomic E-state index is 0.0725. The molecule has 24 heavy (non-hydrogen) atoms. The number of hydrogen-bond donors (Lipinski definition) is 1. The molecular weight excluding hydrogens is 308 g/mol. The molecule has 1 atom stereocenters. The van der Waals surface area contributed by atoms with Crippen LogP contribution < -0.4 is 0 Å². The molecule has 0 spiro atoms. The number of carboxylic acids is 1. The molecule has 0 aromatic rings. The average molecular weight is 336 g/mol. The molecule has 134 valence electrons. The van der Waals surface area contributed by atoms with Crippen molar-refractivity contribution in [2.75, 3.05) is 19.6 Å². The van der Waals surface area contributed by atoms with Crippen LogP contribution in [0.15, 0.2) is 0 Å². The van der Waals surface area contributed by atoms with E-state index in [1.165, 1.54) is 37.5 Å². The Kier molecular flexibility index (Phi) is 5.11. The smallest absolute Gasteiger partial charge is 0.323 e. The van der Waals surface area contributed by atoms with Crippen LogP contribution in [0.25, 0.3) is 0 Å². The number of amides is 2. The van der Waals surface area contributed by atoms with Crippen LogP contribution in [0.2, 0.25) is 0 Å². The van der Waals surface area contributed by atoms with Crippen molar-refractivity contribution in [3.8, 4) is 0 Å². The van der Waals surface area contributed by atoms with Gasteiger partial charge in [0.25, 0.3) is 0 Å². The molecule has 1 saturated heterocycles. The fourth-order valence-electron chi connectivity index (χ4n) is 4.16. The van der Waals surface area contributed by atoms with Gasteiger partial charge in [0.1, 0.15) is 6.54 Å². The Bertz CT molecular complexity index is 501. The second-order valence-electron chi connectivity index (χ2n) is 7.65. The summed E-state index contributed by atoms with van der Waals surface area (Å²) in [6.07, 6.45) is 7.07. The molecule has 6 nitrogen and oxygen atoms in total. The Balaban J connectivity index is 1.60. The van der Waals surface area contributed by atoms with Gasteiger partial charge in [-0.1, -0.05) is 0 Å². The summed E-state index contributed by atoms with van der Waals surface area (Å²) < 4.78 is 0. The second-order valence-corrected chi connectivity index (χ2v) is 7.65. The van der Waals surface area contributed by atoms with Gasteiger partial charge in [0.15, 0.2) is 0 Å². The molecular formula is C18H28N2O4. The van der Waals surface area contributed by atoms with Gasteiger partial charge in [-0.05, 0) is 56.8 Å². The van der Waals surface area contributed by atoms with Gasteiger partial charge in [-0.25, -0.2) is 0 Å². The highest BCUT2D eigenvalue weighted by Crippen LogP contribution is 2.50. The number of likely N-dealkylation sites (tertiary alicyclic amines) is 1. The zero-order valence-corrected chi connectivity index (χ0v) is 14.4. The molecule has 0 bridgehead atoms. The number of nitrogens with zero attached hydrogens (tertiary/aromatic N) is 2. The van der Waals surface area contributed by atoms with E-state index in [0.717, 1.165) is 19.4 Å². The summed E-state index contributed by atoms with van der Waals surface area (Å²) in [5.74, 6) is 0.563. The second kappa shape index (κ2) is 7.11. The fourth-order valence-corrected chi connectivity index (χ4v) is 4.16. The lowest BCUT2D eigenvalue weighted by Crippen LogP contribution is -2.43. The van der Waals surface area contributed by atoms with Gasteiger partial charge in [-0.3, -0.25) is 14.4 Å². The van der Waals surface area contributed by atoms with Crippen LogP contribution >= 0.6 is 0 Å². The quantitative estimate of drug-likeness (QED) is 0.801. The van der Waals surface area contributed by atoms with Crippen molar-refractivity contribution in [1.82, 2.24) is 9.80 Å². The highest BCUT2D eigenvalue weighted by molar-refractivity contribution is 5.81. The van der Waals surface area contributed by atoms with E-state index in [4.69, 9.17) is 5.11 Å². The van der Waals surface area contributed by atoms with Gasteiger partial charge in [-0.15, -0.1) is 0 Å². The zero-order chi connectivity index (χ0) is 17.3. The molecule has 1 N–H and O–H groups in total. The number of aliphatic carboxylic acids is 1. The van der Waals surface area contributed by atoms with Crippen LogP contribution in [0.3, 0.4) is 0 Å². The summed E-state index contributed by atoms with van der Waals surface area (Å²) in [6, 6.07) is -0.0725. The molecule has 2 amide bonds. The van der Waals surface area contributed by atoms with Crippen LogP contribution in [0.5, 0.6) is 0 Å². The van der Waals surface area contributed by atoms with Crippen molar-refractivity contribution in [3.05, 3.63) is 0 Å². The third kappa shape index (κ3) is 4.08. The van der Waals surface area contributed by atoms with E-state index in [1.54, 1.807) is 0 Å². The SMILES string of the molecule is CC(=O)N(CC(=O)O)C1CCCN(C(=O)C(C2CC2)C2CC2)CC1. The topological polar surface area (TPSA) is 77.9 Å². The summed E-state index contributed by atoms with van der Waals surface area (Å²) >= 11 is 0. The van der Waals surface area contributed by atoms with E-state index in [1.807, 2.05) is 4.90 Å². The molecule has 0 aromatic heterocycles. The molecule has 0 aromatic carbocycles. The molecule has 3 aliphatic rings. The number of carbonyl (C=O) groups is 3. The highest BCUT2D eigenvalue weighted by atomic mass is 16.4. The molecule has 3 fully saturated rings. The van der Waals surface area contributed by atoms with Crippen molar-refractivity contribution >= 4 is 17.8 Å². The lowest BCUT2D eigenvalue weighted by Gasteiger charge is -2.29. The first-order chi connectivity index (χ1) is 11.5. The van der Waals surface area contributed by atoms with Crippen LogP contribution in [0.4, 0.5) is 0 Å². The summed E-state index contributed by atoms with van der Waals surface area (Å²) in [5, 5.41) is 9.02. The summed E-state index contributed by atoms with van der Waals surface area (Å²) in [5.41, 5.74) is 0. The van der Waals surface area contributed by atoms with Gasteiger partial charge >= 0.3 is 5.97 Å². The summed E-state index contributed by atoms with van der Waals surface area (Å²) in [6.45, 7) is 2.56. The predicted octanol–water partition coefficient (Wildman–Crippen LogP) is 1.74. The third-order valence-corrected chi connectivity index (χ3v) is 5.71. The average Bonchev–Trinajstić information content (AvgIpc) is 3.38. The molecule has 1 heterocycles. The first-order valence-electron chi connectivity index (χ1n) is 9.25. The van der Waals surface area contributed by atoms with Crippen LogP contribution in [-0.2, 0) is 14.4 Å². The van der Waals surface area contributed by atoms with Crippen LogP contribution in [0, 0.1) is 17.8 Å². The maximum atomic E-state index is 13.0. The Labute approximate surface area is 143 Å². The zero-order valence-electron chi connectivity index (χ0n) is 14.4. The first-order valence-corrected chi connectivity index (χ1v) is 9.25. The number of hydrogen-bond acceptors (Lipinski definition) is 3. The van der Waals surface area contributed by atoms with E-state index >= 15 is 0 Å². The number of carboxylic acid groups (broad SMARTS) is 1. The molecule has 2 saturated carbocycles. The first kappa shape index (κ1) is 17.2. The standard InChI is InChI=1S/C18H28N2O4/c1-12(21)20(11-16(22)23)15-3-2-9-19(10-8-15)18(24)17(13-4-5-13)14-6-7-14/h13-15,17H,2-11H2,1H3,(H,22,23). The largest absolute Gasteiger partial charge is 0.480 e. The Morgan fingerprint density at radius 2 is 1.67 bits per heavy atom. The predicted molar refractivity (Wildman–Crippen MR) is 88.2 cm³/mol. The van der Waals surface area contributed by atoms with E-state index in [0.29, 0.717) is 30.7 Å². The van der Waals surface area contributed by atoms with Gasteiger partial charge in [0.2, 0.25) is 11.8 Å². The molecule has 3 rings (SSSR count). The Morgan fingerprint density at radius 3 is 2.17 bits per heavy atom. The maximum absolute atomic E-state index is 13.0. The fraction of sp³-hybridized carbons (Fsp3) is 0.833. The van der Waals surface area contributed by atoms with Gasteiger partial charge in [-0.2, -0.15) is 0 Å². The van der Waals surface area contributed by atoms with E-state index in [-0.39, 0.29) is 24.4 Å². The summed E-state index contributed by atoms with van der Waals surface area (Å²) in [4.78, 5) is 39.2. The van der Waals surface area contributed by atoms with Crippen molar-refractivity contribution < 1.29 is 19.5 Å². The number of carbonyl (C=O) groups excluding carboxylic acids is 2. The molecule has 6 heteroatoms. The van der Waals surface area contributed by atoms with Gasteiger partial charge in [0, 0.05) is 32.0 Å². The van der Waals surface area contributed by atoms with Crippen molar-refractivity contribution in [3.63, 3.8) is 0 Å².